The standard InChI is InChI=1S/C26H44FNO2/c1-2-3-4-5-6-7-8-9-10-11-12-13-14-15-21-28-25-20-19-23(22-24(25)27)17-16-18-26(29)30/h19-20,22,28H,2-18,21H2,1H3,(H,29,30). The van der Waals surface area contributed by atoms with Crippen LogP contribution in [0.1, 0.15) is 115 Å². The third kappa shape index (κ3) is 14.4. The summed E-state index contributed by atoms with van der Waals surface area (Å²) >= 11 is 0. The highest BCUT2D eigenvalue weighted by Gasteiger charge is 2.04. The molecule has 30 heavy (non-hydrogen) atoms. The van der Waals surface area contributed by atoms with E-state index in [-0.39, 0.29) is 12.2 Å². The van der Waals surface area contributed by atoms with E-state index < -0.39 is 5.97 Å². The van der Waals surface area contributed by atoms with Crippen molar-refractivity contribution in [2.24, 2.45) is 0 Å². The molecule has 0 heterocycles. The van der Waals surface area contributed by atoms with Crippen LogP contribution in [0.5, 0.6) is 0 Å². The Kier molecular flexibility index (Phi) is 16.1. The molecule has 0 spiro atoms. The number of unbranched alkanes of at least 4 members (excludes halogenated alkanes) is 13. The molecule has 0 aliphatic heterocycles. The second-order valence-corrected chi connectivity index (χ2v) is 8.58. The molecule has 0 aliphatic carbocycles. The average molecular weight is 422 g/mol. The van der Waals surface area contributed by atoms with E-state index in [1.54, 1.807) is 6.07 Å². The van der Waals surface area contributed by atoms with Crippen LogP contribution in [0, 0.1) is 5.82 Å². The molecule has 0 saturated carbocycles. The number of carboxylic acids is 1. The van der Waals surface area contributed by atoms with E-state index in [9.17, 15) is 9.18 Å². The Morgan fingerprint density at radius 1 is 0.833 bits per heavy atom. The molecule has 0 fully saturated rings. The maximum atomic E-state index is 14.1. The number of carboxylic acid groups (broad SMARTS) is 1. The highest BCUT2D eigenvalue weighted by Crippen LogP contribution is 2.18. The van der Waals surface area contributed by atoms with Gasteiger partial charge in [0.15, 0.2) is 0 Å². The second kappa shape index (κ2) is 18.2. The van der Waals surface area contributed by atoms with Crippen LogP contribution in [-0.4, -0.2) is 17.6 Å². The fourth-order valence-corrected chi connectivity index (χ4v) is 3.84. The Labute approximate surface area is 183 Å². The van der Waals surface area contributed by atoms with Crippen molar-refractivity contribution in [3.05, 3.63) is 29.6 Å². The zero-order valence-corrected chi connectivity index (χ0v) is 19.2. The van der Waals surface area contributed by atoms with Gasteiger partial charge in [0.2, 0.25) is 0 Å². The molecular formula is C26H44FNO2. The summed E-state index contributed by atoms with van der Waals surface area (Å²) in [5.74, 6) is -1.05. The van der Waals surface area contributed by atoms with Crippen molar-refractivity contribution in [3.8, 4) is 0 Å². The number of halogens is 1. The van der Waals surface area contributed by atoms with Gasteiger partial charge in [-0.1, -0.05) is 96.5 Å². The Bertz CT molecular complexity index is 562. The Balaban J connectivity index is 1.95. The molecule has 0 radical (unpaired) electrons. The van der Waals surface area contributed by atoms with Gasteiger partial charge < -0.3 is 10.4 Å². The number of aliphatic carboxylic acids is 1. The molecule has 4 heteroatoms. The lowest BCUT2D eigenvalue weighted by Crippen LogP contribution is -2.04. The first kappa shape index (κ1) is 26.5. The third-order valence-electron chi connectivity index (χ3n) is 5.74. The summed E-state index contributed by atoms with van der Waals surface area (Å²) in [5.41, 5.74) is 1.41. The summed E-state index contributed by atoms with van der Waals surface area (Å²) in [5, 5.41) is 11.9. The van der Waals surface area contributed by atoms with E-state index in [0.29, 0.717) is 18.5 Å². The van der Waals surface area contributed by atoms with Crippen molar-refractivity contribution in [1.29, 1.82) is 0 Å². The fraction of sp³-hybridized carbons (Fsp3) is 0.731. The molecule has 0 amide bonds. The molecule has 0 atom stereocenters. The van der Waals surface area contributed by atoms with Crippen molar-refractivity contribution in [1.82, 2.24) is 0 Å². The van der Waals surface area contributed by atoms with Crippen molar-refractivity contribution >= 4 is 11.7 Å². The topological polar surface area (TPSA) is 49.3 Å². The predicted molar refractivity (Wildman–Crippen MR) is 126 cm³/mol. The van der Waals surface area contributed by atoms with Crippen LogP contribution in [0.25, 0.3) is 0 Å². The van der Waals surface area contributed by atoms with Crippen LogP contribution >= 0.6 is 0 Å². The molecule has 2 N–H and O–H groups in total. The van der Waals surface area contributed by atoms with Crippen molar-refractivity contribution in [3.63, 3.8) is 0 Å². The van der Waals surface area contributed by atoms with E-state index in [1.807, 2.05) is 6.07 Å². The first-order valence-corrected chi connectivity index (χ1v) is 12.4. The second-order valence-electron chi connectivity index (χ2n) is 8.58. The van der Waals surface area contributed by atoms with Gasteiger partial charge in [0.25, 0.3) is 0 Å². The Hall–Kier alpha value is -1.58. The molecule has 0 aromatic heterocycles. The van der Waals surface area contributed by atoms with Gasteiger partial charge in [-0.05, 0) is 37.0 Å². The van der Waals surface area contributed by atoms with Crippen molar-refractivity contribution in [2.45, 2.75) is 116 Å². The van der Waals surface area contributed by atoms with E-state index >= 15 is 0 Å². The van der Waals surface area contributed by atoms with Gasteiger partial charge in [0, 0.05) is 13.0 Å². The minimum atomic E-state index is -0.804. The van der Waals surface area contributed by atoms with Crippen LogP contribution in [0.4, 0.5) is 10.1 Å². The molecule has 0 aliphatic rings. The SMILES string of the molecule is CCCCCCCCCCCCCCCCNc1ccc(CCCC(=O)O)cc1F. The van der Waals surface area contributed by atoms with E-state index in [2.05, 4.69) is 12.2 Å². The number of carbonyl (C=O) groups is 1. The monoisotopic (exact) mass is 421 g/mol. The highest BCUT2D eigenvalue weighted by molar-refractivity contribution is 5.66. The first-order valence-electron chi connectivity index (χ1n) is 12.4. The van der Waals surface area contributed by atoms with E-state index in [0.717, 1.165) is 18.5 Å². The Morgan fingerprint density at radius 3 is 1.87 bits per heavy atom. The molecule has 0 saturated heterocycles. The van der Waals surface area contributed by atoms with Crippen LogP contribution in [0.2, 0.25) is 0 Å². The third-order valence-corrected chi connectivity index (χ3v) is 5.74. The zero-order chi connectivity index (χ0) is 21.9. The maximum absolute atomic E-state index is 14.1. The summed E-state index contributed by atoms with van der Waals surface area (Å²) in [6.07, 6.45) is 20.0. The van der Waals surface area contributed by atoms with Gasteiger partial charge >= 0.3 is 5.97 Å². The zero-order valence-electron chi connectivity index (χ0n) is 19.2. The number of rotatable bonds is 20. The largest absolute Gasteiger partial charge is 0.481 e. The van der Waals surface area contributed by atoms with Crippen LogP contribution < -0.4 is 5.32 Å². The normalized spacial score (nSPS) is 11.0. The molecular weight excluding hydrogens is 377 g/mol. The van der Waals surface area contributed by atoms with Crippen molar-refractivity contribution in [2.75, 3.05) is 11.9 Å². The summed E-state index contributed by atoms with van der Waals surface area (Å²) < 4.78 is 14.1. The van der Waals surface area contributed by atoms with Crippen LogP contribution in [0.15, 0.2) is 18.2 Å². The van der Waals surface area contributed by atoms with E-state index in [4.69, 9.17) is 5.11 Å². The molecule has 1 rings (SSSR count). The Morgan fingerprint density at radius 2 is 1.37 bits per heavy atom. The summed E-state index contributed by atoms with van der Waals surface area (Å²) in [6, 6.07) is 5.18. The molecule has 3 nitrogen and oxygen atoms in total. The average Bonchev–Trinajstić information content (AvgIpc) is 2.72. The minimum Gasteiger partial charge on any atom is -0.481 e. The van der Waals surface area contributed by atoms with Gasteiger partial charge in [-0.3, -0.25) is 4.79 Å². The van der Waals surface area contributed by atoms with Crippen molar-refractivity contribution < 1.29 is 14.3 Å². The smallest absolute Gasteiger partial charge is 0.303 e. The van der Waals surface area contributed by atoms with Crippen LogP contribution in [0.3, 0.4) is 0 Å². The lowest BCUT2D eigenvalue weighted by molar-refractivity contribution is -0.137. The molecule has 1 aromatic rings. The molecule has 1 aromatic carbocycles. The number of hydrogen-bond donors (Lipinski definition) is 2. The number of aryl methyl sites for hydroxylation is 1. The quantitative estimate of drug-likeness (QED) is 0.209. The van der Waals surface area contributed by atoms with Gasteiger partial charge in [0.05, 0.1) is 5.69 Å². The predicted octanol–water partition coefficient (Wildman–Crippen LogP) is 8.13. The number of benzene rings is 1. The molecule has 0 unspecified atom stereocenters. The maximum Gasteiger partial charge on any atom is 0.303 e. The van der Waals surface area contributed by atoms with Gasteiger partial charge in [-0.15, -0.1) is 0 Å². The summed E-state index contributed by atoms with van der Waals surface area (Å²) in [7, 11) is 0. The number of anilines is 1. The lowest BCUT2D eigenvalue weighted by atomic mass is 10.0. The molecule has 0 bridgehead atoms. The first-order chi connectivity index (χ1) is 14.6. The minimum absolute atomic E-state index is 0.126. The van der Waals surface area contributed by atoms with Gasteiger partial charge in [-0.25, -0.2) is 4.39 Å². The summed E-state index contributed by atoms with van der Waals surface area (Å²) in [4.78, 5) is 10.5. The van der Waals surface area contributed by atoms with Gasteiger partial charge in [0.1, 0.15) is 5.82 Å². The van der Waals surface area contributed by atoms with Crippen LogP contribution in [-0.2, 0) is 11.2 Å². The fourth-order valence-electron chi connectivity index (χ4n) is 3.84. The van der Waals surface area contributed by atoms with E-state index in [1.165, 1.54) is 89.5 Å². The lowest BCUT2D eigenvalue weighted by Gasteiger charge is -2.09. The number of hydrogen-bond acceptors (Lipinski definition) is 2. The van der Waals surface area contributed by atoms with Gasteiger partial charge in [-0.2, -0.15) is 0 Å². The molecule has 172 valence electrons. The summed E-state index contributed by atoms with van der Waals surface area (Å²) in [6.45, 7) is 3.07. The highest BCUT2D eigenvalue weighted by atomic mass is 19.1. The number of nitrogens with one attached hydrogen (secondary N) is 1.